The Hall–Kier alpha value is -2.82. The molecule has 0 unspecified atom stereocenters. The topological polar surface area (TPSA) is 64.6 Å². The maximum Gasteiger partial charge on any atom is 0.224 e. The van der Waals surface area contributed by atoms with Gasteiger partial charge >= 0.3 is 0 Å². The fourth-order valence-electron chi connectivity index (χ4n) is 2.26. The summed E-state index contributed by atoms with van der Waals surface area (Å²) in [4.78, 5) is 23.3. The zero-order valence-electron chi connectivity index (χ0n) is 14.6. The Morgan fingerprint density at radius 3 is 2.32 bits per heavy atom. The first-order valence-electron chi connectivity index (χ1n) is 8.35. The average Bonchev–Trinajstić information content (AvgIpc) is 2.60. The molecule has 1 amide bonds. The van der Waals surface area contributed by atoms with Gasteiger partial charge in [-0.15, -0.1) is 0 Å². The summed E-state index contributed by atoms with van der Waals surface area (Å²) >= 11 is 0. The van der Waals surface area contributed by atoms with E-state index in [2.05, 4.69) is 5.32 Å². The molecule has 5 nitrogen and oxygen atoms in total. The standard InChI is InChI=1S/C20H23NO4/c1-3-24-18-9-11-19(12-10-18)25-13-5-8-20(23)21-17-7-4-6-16(14-17)15(2)22/h4,6-7,9-12,14H,3,5,8,13H2,1-2H3,(H,21,23). The Balaban J connectivity index is 1.71. The number of hydrogen-bond acceptors (Lipinski definition) is 4. The van der Waals surface area contributed by atoms with Crippen LogP contribution in [0.4, 0.5) is 5.69 Å². The van der Waals surface area contributed by atoms with Crippen molar-refractivity contribution in [3.8, 4) is 11.5 Å². The zero-order valence-corrected chi connectivity index (χ0v) is 14.6. The van der Waals surface area contributed by atoms with Crippen molar-refractivity contribution in [2.24, 2.45) is 0 Å². The van der Waals surface area contributed by atoms with Gasteiger partial charge in [-0.2, -0.15) is 0 Å². The highest BCUT2D eigenvalue weighted by Crippen LogP contribution is 2.18. The van der Waals surface area contributed by atoms with Crippen LogP contribution in [0.5, 0.6) is 11.5 Å². The van der Waals surface area contributed by atoms with Crippen LogP contribution in [0.25, 0.3) is 0 Å². The second-order valence-corrected chi connectivity index (χ2v) is 5.54. The molecule has 0 saturated heterocycles. The van der Waals surface area contributed by atoms with E-state index < -0.39 is 0 Å². The first kappa shape index (κ1) is 18.5. The highest BCUT2D eigenvalue weighted by atomic mass is 16.5. The lowest BCUT2D eigenvalue weighted by molar-refractivity contribution is -0.116. The van der Waals surface area contributed by atoms with Crippen molar-refractivity contribution in [2.45, 2.75) is 26.7 Å². The quantitative estimate of drug-likeness (QED) is 0.551. The van der Waals surface area contributed by atoms with E-state index in [1.807, 2.05) is 31.2 Å². The van der Waals surface area contributed by atoms with E-state index in [1.165, 1.54) is 6.92 Å². The van der Waals surface area contributed by atoms with Crippen molar-refractivity contribution in [1.29, 1.82) is 0 Å². The third kappa shape index (κ3) is 6.30. The molecular weight excluding hydrogens is 318 g/mol. The smallest absolute Gasteiger partial charge is 0.224 e. The minimum absolute atomic E-state index is 0.0279. The average molecular weight is 341 g/mol. The third-order valence-electron chi connectivity index (χ3n) is 3.50. The van der Waals surface area contributed by atoms with E-state index >= 15 is 0 Å². The molecule has 2 aromatic carbocycles. The van der Waals surface area contributed by atoms with Crippen LogP contribution in [0.3, 0.4) is 0 Å². The lowest BCUT2D eigenvalue weighted by Gasteiger charge is -2.08. The summed E-state index contributed by atoms with van der Waals surface area (Å²) in [5.74, 6) is 1.43. The summed E-state index contributed by atoms with van der Waals surface area (Å²) in [7, 11) is 0. The first-order valence-corrected chi connectivity index (χ1v) is 8.35. The number of ether oxygens (including phenoxy) is 2. The van der Waals surface area contributed by atoms with Crippen molar-refractivity contribution >= 4 is 17.4 Å². The van der Waals surface area contributed by atoms with Gasteiger partial charge in [-0.05, 0) is 56.7 Å². The highest BCUT2D eigenvalue weighted by Gasteiger charge is 2.05. The fraction of sp³-hybridized carbons (Fsp3) is 0.300. The number of carbonyl (C=O) groups excluding carboxylic acids is 2. The summed E-state index contributed by atoms with van der Waals surface area (Å²) in [6, 6.07) is 14.3. The molecule has 2 rings (SSSR count). The number of rotatable bonds is 9. The maximum absolute atomic E-state index is 12.0. The van der Waals surface area contributed by atoms with Crippen molar-refractivity contribution in [1.82, 2.24) is 0 Å². The van der Waals surface area contributed by atoms with Crippen molar-refractivity contribution < 1.29 is 19.1 Å². The lowest BCUT2D eigenvalue weighted by Crippen LogP contribution is -2.13. The van der Waals surface area contributed by atoms with Crippen molar-refractivity contribution in [3.05, 3.63) is 54.1 Å². The molecule has 1 N–H and O–H groups in total. The van der Waals surface area contributed by atoms with E-state index in [4.69, 9.17) is 9.47 Å². The predicted octanol–water partition coefficient (Wildman–Crippen LogP) is 4.09. The molecule has 0 heterocycles. The molecule has 0 aliphatic carbocycles. The summed E-state index contributed by atoms with van der Waals surface area (Å²) in [6.45, 7) is 4.52. The largest absolute Gasteiger partial charge is 0.494 e. The molecule has 132 valence electrons. The lowest BCUT2D eigenvalue weighted by atomic mass is 10.1. The van der Waals surface area contributed by atoms with Gasteiger partial charge in [0.2, 0.25) is 5.91 Å². The molecule has 0 bridgehead atoms. The fourth-order valence-corrected chi connectivity index (χ4v) is 2.26. The molecule has 25 heavy (non-hydrogen) atoms. The van der Waals surface area contributed by atoms with Gasteiger partial charge in [0, 0.05) is 17.7 Å². The Morgan fingerprint density at radius 1 is 1.00 bits per heavy atom. The summed E-state index contributed by atoms with van der Waals surface area (Å²) < 4.78 is 11.0. The van der Waals surface area contributed by atoms with Crippen LogP contribution in [0.15, 0.2) is 48.5 Å². The second kappa shape index (κ2) is 9.47. The van der Waals surface area contributed by atoms with E-state index in [1.54, 1.807) is 24.3 Å². The molecule has 0 aliphatic heterocycles. The second-order valence-electron chi connectivity index (χ2n) is 5.54. The number of nitrogens with one attached hydrogen (secondary N) is 1. The molecule has 2 aromatic rings. The summed E-state index contributed by atoms with van der Waals surface area (Å²) in [5, 5.41) is 2.79. The maximum atomic E-state index is 12.0. The van der Waals surface area contributed by atoms with Crippen LogP contribution in [0.1, 0.15) is 37.0 Å². The number of hydrogen-bond donors (Lipinski definition) is 1. The number of anilines is 1. The SMILES string of the molecule is CCOc1ccc(OCCCC(=O)Nc2cccc(C(C)=O)c2)cc1. The molecule has 0 spiro atoms. The molecule has 5 heteroatoms. The number of carbonyl (C=O) groups is 2. The molecule has 0 fully saturated rings. The molecule has 0 saturated carbocycles. The summed E-state index contributed by atoms with van der Waals surface area (Å²) in [6.07, 6.45) is 0.951. The van der Waals surface area contributed by atoms with E-state index in [9.17, 15) is 9.59 Å². The van der Waals surface area contributed by atoms with Crippen molar-refractivity contribution in [3.63, 3.8) is 0 Å². The van der Waals surface area contributed by atoms with E-state index in [-0.39, 0.29) is 11.7 Å². The van der Waals surface area contributed by atoms with Gasteiger partial charge in [0.05, 0.1) is 13.2 Å². The van der Waals surface area contributed by atoms with Gasteiger partial charge in [0.15, 0.2) is 5.78 Å². The van der Waals surface area contributed by atoms with Gasteiger partial charge in [-0.25, -0.2) is 0 Å². The number of ketones is 1. The van der Waals surface area contributed by atoms with Gasteiger partial charge in [-0.3, -0.25) is 9.59 Å². The minimum atomic E-state index is -0.101. The van der Waals surface area contributed by atoms with Gasteiger partial charge in [0.1, 0.15) is 11.5 Å². The van der Waals surface area contributed by atoms with Gasteiger partial charge < -0.3 is 14.8 Å². The molecule has 0 aliphatic rings. The Kier molecular flexibility index (Phi) is 7.01. The van der Waals surface area contributed by atoms with Crippen LogP contribution in [0, 0.1) is 0 Å². The van der Waals surface area contributed by atoms with E-state index in [0.717, 1.165) is 11.5 Å². The Morgan fingerprint density at radius 2 is 1.68 bits per heavy atom. The Bertz CT molecular complexity index is 710. The number of amides is 1. The molecule has 0 atom stereocenters. The van der Waals surface area contributed by atoms with Crippen LogP contribution in [0.2, 0.25) is 0 Å². The monoisotopic (exact) mass is 341 g/mol. The number of benzene rings is 2. The van der Waals surface area contributed by atoms with Gasteiger partial charge in [-0.1, -0.05) is 12.1 Å². The first-order chi connectivity index (χ1) is 12.1. The minimum Gasteiger partial charge on any atom is -0.494 e. The van der Waals surface area contributed by atoms with E-state index in [0.29, 0.717) is 37.3 Å². The van der Waals surface area contributed by atoms with Crippen LogP contribution in [-0.4, -0.2) is 24.9 Å². The van der Waals surface area contributed by atoms with Crippen LogP contribution in [-0.2, 0) is 4.79 Å². The van der Waals surface area contributed by atoms with Crippen molar-refractivity contribution in [2.75, 3.05) is 18.5 Å². The van der Waals surface area contributed by atoms with Gasteiger partial charge in [0.25, 0.3) is 0 Å². The molecule has 0 radical (unpaired) electrons. The predicted molar refractivity (Wildman–Crippen MR) is 97.4 cm³/mol. The number of Topliss-reactive ketones (excluding diaryl/α,β-unsaturated/α-hetero) is 1. The highest BCUT2D eigenvalue weighted by molar-refractivity contribution is 5.97. The van der Waals surface area contributed by atoms with Crippen LogP contribution < -0.4 is 14.8 Å². The molecule has 0 aromatic heterocycles. The van der Waals surface area contributed by atoms with Crippen LogP contribution >= 0.6 is 0 Å². The zero-order chi connectivity index (χ0) is 18.1. The Labute approximate surface area is 148 Å². The third-order valence-corrected chi connectivity index (χ3v) is 3.50. The normalized spacial score (nSPS) is 10.2. The molecular formula is C20H23NO4. The summed E-state index contributed by atoms with van der Waals surface area (Å²) in [5.41, 5.74) is 1.21.